The first-order valence-corrected chi connectivity index (χ1v) is 7.64. The van der Waals surface area contributed by atoms with Crippen LogP contribution in [0.25, 0.3) is 0 Å². The highest BCUT2D eigenvalue weighted by Gasteiger charge is 2.53. The lowest BCUT2D eigenvalue weighted by Crippen LogP contribution is -2.57. The number of nitrogens with one attached hydrogen (secondary N) is 2. The van der Waals surface area contributed by atoms with E-state index in [2.05, 4.69) is 15.7 Å². The monoisotopic (exact) mass is 326 g/mol. The molecule has 1 unspecified atom stereocenters. The summed E-state index contributed by atoms with van der Waals surface area (Å²) >= 11 is 0. The average molecular weight is 326 g/mol. The zero-order valence-electron chi connectivity index (χ0n) is 13.5. The number of anilines is 1. The molecule has 8 heteroatoms. The van der Waals surface area contributed by atoms with Crippen LogP contribution >= 0.6 is 0 Å². The highest BCUT2D eigenvalue weighted by atomic mass is 19.1. The van der Waals surface area contributed by atoms with Gasteiger partial charge < -0.3 is 15.7 Å². The van der Waals surface area contributed by atoms with Crippen molar-refractivity contribution in [1.82, 2.24) is 15.1 Å². The lowest BCUT2D eigenvalue weighted by atomic mass is 9.53. The molecule has 1 aromatic rings. The van der Waals surface area contributed by atoms with Crippen LogP contribution in [0.1, 0.15) is 27.2 Å². The van der Waals surface area contributed by atoms with Gasteiger partial charge >= 0.3 is 12.0 Å². The number of aromatic nitrogens is 2. The van der Waals surface area contributed by atoms with Crippen molar-refractivity contribution in [1.29, 1.82) is 0 Å². The zero-order chi connectivity index (χ0) is 17.2. The van der Waals surface area contributed by atoms with Crippen LogP contribution in [0, 0.1) is 17.3 Å². The molecule has 0 saturated heterocycles. The number of carbonyl (C=O) groups excluding carboxylic acids is 1. The van der Waals surface area contributed by atoms with Crippen molar-refractivity contribution in [3.63, 3.8) is 0 Å². The van der Waals surface area contributed by atoms with Gasteiger partial charge in [0, 0.05) is 12.2 Å². The van der Waals surface area contributed by atoms with Crippen LogP contribution in [0.5, 0.6) is 0 Å². The summed E-state index contributed by atoms with van der Waals surface area (Å²) in [6, 6.07) is -0.534. The Balaban J connectivity index is 1.86. The van der Waals surface area contributed by atoms with Gasteiger partial charge in [-0.2, -0.15) is 5.10 Å². The standard InChI is InChI=1S/C15H23FN4O3/c1-9(11-6-12(13(21)22)15(11,2)3)18-14(23)19-10-7-17-20(8-10)5-4-16/h7-9,11-12H,4-6H2,1-3H3,(H,21,22)(H2,18,19,23)/t9?,11-,12+/m0/s1. The SMILES string of the molecule is CC(NC(=O)Nc1cnn(CCF)c1)[C@@H]1C[C@H](C(=O)O)C1(C)C. The van der Waals surface area contributed by atoms with Crippen molar-refractivity contribution in [2.24, 2.45) is 17.3 Å². The third-order valence-electron chi connectivity index (χ3n) is 4.81. The van der Waals surface area contributed by atoms with Crippen molar-refractivity contribution in [3.05, 3.63) is 12.4 Å². The van der Waals surface area contributed by atoms with Crippen LogP contribution in [0.4, 0.5) is 14.9 Å². The number of aliphatic carboxylic acids is 1. The maximum Gasteiger partial charge on any atom is 0.319 e. The predicted molar refractivity (Wildman–Crippen MR) is 82.8 cm³/mol. The molecule has 23 heavy (non-hydrogen) atoms. The minimum absolute atomic E-state index is 0.101. The van der Waals surface area contributed by atoms with Gasteiger partial charge in [0.1, 0.15) is 6.67 Å². The Hall–Kier alpha value is -2.12. The summed E-state index contributed by atoms with van der Waals surface area (Å²) in [4.78, 5) is 23.2. The number of halogens is 1. The lowest BCUT2D eigenvalue weighted by Gasteiger charge is -2.52. The van der Waals surface area contributed by atoms with Crippen LogP contribution < -0.4 is 10.6 Å². The first-order chi connectivity index (χ1) is 10.8. The largest absolute Gasteiger partial charge is 0.481 e. The third kappa shape index (κ3) is 3.62. The molecule has 0 aromatic carbocycles. The summed E-state index contributed by atoms with van der Waals surface area (Å²) in [5.41, 5.74) is 0.129. The van der Waals surface area contributed by atoms with Crippen LogP contribution in [-0.4, -0.2) is 39.6 Å². The molecule has 1 aliphatic carbocycles. The predicted octanol–water partition coefficient (Wildman–Crippen LogP) is 2.11. The molecule has 1 aliphatic rings. The van der Waals surface area contributed by atoms with E-state index in [1.54, 1.807) is 6.20 Å². The second kappa shape index (κ2) is 6.55. The summed E-state index contributed by atoms with van der Waals surface area (Å²) in [7, 11) is 0. The summed E-state index contributed by atoms with van der Waals surface area (Å²) in [6.07, 6.45) is 3.56. The first-order valence-electron chi connectivity index (χ1n) is 7.64. The van der Waals surface area contributed by atoms with Gasteiger partial charge in [-0.1, -0.05) is 13.8 Å². The topological polar surface area (TPSA) is 96.3 Å². The molecule has 3 N–H and O–H groups in total. The van der Waals surface area contributed by atoms with E-state index in [9.17, 15) is 14.0 Å². The first kappa shape index (κ1) is 17.2. The van der Waals surface area contributed by atoms with E-state index in [-0.39, 0.29) is 35.9 Å². The second-order valence-electron chi connectivity index (χ2n) is 6.62. The van der Waals surface area contributed by atoms with Gasteiger partial charge in [0.15, 0.2) is 0 Å². The molecule has 0 spiro atoms. The Kier molecular flexibility index (Phi) is 4.91. The molecule has 1 heterocycles. The zero-order valence-corrected chi connectivity index (χ0v) is 13.5. The van der Waals surface area contributed by atoms with Crippen molar-refractivity contribution in [3.8, 4) is 0 Å². The van der Waals surface area contributed by atoms with Crippen LogP contribution in [0.15, 0.2) is 12.4 Å². The minimum Gasteiger partial charge on any atom is -0.481 e. The van der Waals surface area contributed by atoms with Crippen LogP contribution in [0.2, 0.25) is 0 Å². The minimum atomic E-state index is -0.789. The van der Waals surface area contributed by atoms with E-state index in [0.29, 0.717) is 12.1 Å². The highest BCUT2D eigenvalue weighted by molar-refractivity contribution is 5.89. The number of hydrogen-bond acceptors (Lipinski definition) is 3. The number of alkyl halides is 1. The van der Waals surface area contributed by atoms with E-state index in [0.717, 1.165) is 0 Å². The Morgan fingerprint density at radius 1 is 1.57 bits per heavy atom. The van der Waals surface area contributed by atoms with Gasteiger partial charge in [-0.3, -0.25) is 9.48 Å². The highest BCUT2D eigenvalue weighted by Crippen LogP contribution is 2.52. The normalized spacial score (nSPS) is 23.7. The van der Waals surface area contributed by atoms with E-state index in [1.807, 2.05) is 20.8 Å². The average Bonchev–Trinajstić information content (AvgIpc) is 2.84. The van der Waals surface area contributed by atoms with E-state index in [1.165, 1.54) is 10.9 Å². The van der Waals surface area contributed by atoms with Gasteiger partial charge in [-0.25, -0.2) is 9.18 Å². The summed E-state index contributed by atoms with van der Waals surface area (Å²) in [6.45, 7) is 5.32. The van der Waals surface area contributed by atoms with E-state index >= 15 is 0 Å². The molecule has 3 atom stereocenters. The number of carbonyl (C=O) groups is 2. The van der Waals surface area contributed by atoms with Crippen molar-refractivity contribution >= 4 is 17.7 Å². The third-order valence-corrected chi connectivity index (χ3v) is 4.81. The Morgan fingerprint density at radius 3 is 2.83 bits per heavy atom. The smallest absolute Gasteiger partial charge is 0.319 e. The number of amides is 2. The molecule has 7 nitrogen and oxygen atoms in total. The number of carboxylic acids is 1. The second-order valence-corrected chi connectivity index (χ2v) is 6.62. The summed E-state index contributed by atoms with van der Waals surface area (Å²) in [5.74, 6) is -1.06. The molecular weight excluding hydrogens is 303 g/mol. The quantitative estimate of drug-likeness (QED) is 0.746. The van der Waals surface area contributed by atoms with Gasteiger partial charge in [0.25, 0.3) is 0 Å². The molecule has 1 fully saturated rings. The molecule has 1 aromatic heterocycles. The molecule has 128 valence electrons. The van der Waals surface area contributed by atoms with Crippen molar-refractivity contribution in [2.75, 3.05) is 12.0 Å². The number of urea groups is 1. The molecule has 0 aliphatic heterocycles. The van der Waals surface area contributed by atoms with Gasteiger partial charge in [0.05, 0.1) is 24.3 Å². The van der Waals surface area contributed by atoms with Gasteiger partial charge in [-0.05, 0) is 24.7 Å². The number of hydrogen-bond donors (Lipinski definition) is 3. The molecule has 0 bridgehead atoms. The Morgan fingerprint density at radius 2 is 2.26 bits per heavy atom. The maximum absolute atomic E-state index is 12.2. The molecular formula is C15H23FN4O3. The summed E-state index contributed by atoms with van der Waals surface area (Å²) in [5, 5.41) is 18.6. The fourth-order valence-electron chi connectivity index (χ4n) is 3.34. The Bertz CT molecular complexity index is 587. The summed E-state index contributed by atoms with van der Waals surface area (Å²) < 4.78 is 13.6. The van der Waals surface area contributed by atoms with Crippen molar-refractivity contribution in [2.45, 2.75) is 39.8 Å². The lowest BCUT2D eigenvalue weighted by molar-refractivity contribution is -0.160. The number of carboxylic acid groups (broad SMARTS) is 1. The van der Waals surface area contributed by atoms with E-state index < -0.39 is 12.6 Å². The Labute approximate surface area is 134 Å². The number of rotatable bonds is 6. The maximum atomic E-state index is 12.2. The molecule has 0 radical (unpaired) electrons. The van der Waals surface area contributed by atoms with Crippen molar-refractivity contribution < 1.29 is 19.1 Å². The fraction of sp³-hybridized carbons (Fsp3) is 0.667. The van der Waals surface area contributed by atoms with Gasteiger partial charge in [0.2, 0.25) is 0 Å². The fourth-order valence-corrected chi connectivity index (χ4v) is 3.34. The van der Waals surface area contributed by atoms with E-state index in [4.69, 9.17) is 5.11 Å². The number of aryl methyl sites for hydroxylation is 1. The van der Waals surface area contributed by atoms with Crippen LogP contribution in [-0.2, 0) is 11.3 Å². The van der Waals surface area contributed by atoms with Gasteiger partial charge in [-0.15, -0.1) is 0 Å². The molecule has 2 amide bonds. The van der Waals surface area contributed by atoms with Crippen LogP contribution in [0.3, 0.4) is 0 Å². The molecule has 1 saturated carbocycles. The number of nitrogens with zero attached hydrogens (tertiary/aromatic N) is 2. The molecule has 2 rings (SSSR count).